The molecule has 1 aliphatic carbocycles. The molecule has 0 spiro atoms. The molecule has 0 aromatic heterocycles. The second-order valence-corrected chi connectivity index (χ2v) is 11.2. The van der Waals surface area contributed by atoms with Gasteiger partial charge in [0.05, 0.1) is 23.3 Å². The fraction of sp³-hybridized carbons (Fsp3) is 0.548. The minimum atomic E-state index is -4.95. The van der Waals surface area contributed by atoms with Gasteiger partial charge in [0.15, 0.2) is 0 Å². The third-order valence-electron chi connectivity index (χ3n) is 8.31. The van der Waals surface area contributed by atoms with Crippen LogP contribution >= 0.6 is 0 Å². The van der Waals surface area contributed by atoms with Gasteiger partial charge in [0.2, 0.25) is 11.8 Å². The first-order chi connectivity index (χ1) is 19.8. The molecular weight excluding hydrogens is 562 g/mol. The van der Waals surface area contributed by atoms with E-state index in [2.05, 4.69) is 5.32 Å². The summed E-state index contributed by atoms with van der Waals surface area (Å²) in [4.78, 5) is 27.0. The first kappa shape index (κ1) is 31.8. The van der Waals surface area contributed by atoms with Crippen molar-refractivity contribution in [1.82, 2.24) is 10.2 Å². The molecule has 2 amide bonds. The van der Waals surface area contributed by atoms with Gasteiger partial charge in [-0.3, -0.25) is 9.59 Å². The van der Waals surface area contributed by atoms with Gasteiger partial charge in [-0.15, -0.1) is 0 Å². The number of nitrogens with one attached hydrogen (secondary N) is 1. The second-order valence-electron chi connectivity index (χ2n) is 11.2. The molecular formula is C31H36F6N2O3. The normalized spacial score (nSPS) is 24.2. The molecule has 2 fully saturated rings. The molecule has 1 saturated heterocycles. The van der Waals surface area contributed by atoms with Crippen LogP contribution < -0.4 is 5.32 Å². The number of hydrogen-bond donors (Lipinski definition) is 1. The van der Waals surface area contributed by atoms with Crippen molar-refractivity contribution in [3.8, 4) is 0 Å². The Morgan fingerprint density at radius 2 is 1.52 bits per heavy atom. The molecule has 0 bridgehead atoms. The number of ether oxygens (including phenoxy) is 1. The topological polar surface area (TPSA) is 58.6 Å². The molecule has 1 heterocycles. The van der Waals surface area contributed by atoms with Gasteiger partial charge in [0.25, 0.3) is 0 Å². The lowest BCUT2D eigenvalue weighted by Crippen LogP contribution is -2.49. The van der Waals surface area contributed by atoms with Gasteiger partial charge in [-0.25, -0.2) is 0 Å². The lowest BCUT2D eigenvalue weighted by molar-refractivity contribution is -0.143. The van der Waals surface area contributed by atoms with E-state index >= 15 is 0 Å². The maximum atomic E-state index is 13.5. The van der Waals surface area contributed by atoms with Gasteiger partial charge in [0.1, 0.15) is 0 Å². The van der Waals surface area contributed by atoms with Crippen LogP contribution in [0.2, 0.25) is 0 Å². The van der Waals surface area contributed by atoms with E-state index in [1.807, 2.05) is 30.3 Å². The zero-order chi connectivity index (χ0) is 30.7. The Bertz CT molecular complexity index is 1190. The van der Waals surface area contributed by atoms with Crippen LogP contribution in [0.1, 0.15) is 86.6 Å². The highest BCUT2D eigenvalue weighted by molar-refractivity contribution is 5.79. The van der Waals surface area contributed by atoms with Crippen molar-refractivity contribution in [3.05, 3.63) is 70.8 Å². The number of alkyl halides is 6. The molecule has 42 heavy (non-hydrogen) atoms. The molecule has 1 aliphatic heterocycles. The van der Waals surface area contributed by atoms with E-state index < -0.39 is 35.7 Å². The van der Waals surface area contributed by atoms with Crippen LogP contribution in [0.4, 0.5) is 26.3 Å². The van der Waals surface area contributed by atoms with Gasteiger partial charge in [-0.05, 0) is 68.4 Å². The monoisotopic (exact) mass is 598 g/mol. The number of amides is 2. The summed E-state index contributed by atoms with van der Waals surface area (Å²) in [6, 6.07) is 10.9. The largest absolute Gasteiger partial charge is 0.416 e. The quantitative estimate of drug-likeness (QED) is 0.341. The van der Waals surface area contributed by atoms with Crippen LogP contribution in [0.5, 0.6) is 0 Å². The van der Waals surface area contributed by atoms with Crippen molar-refractivity contribution in [2.75, 3.05) is 13.1 Å². The Balaban J connectivity index is 1.50. The van der Waals surface area contributed by atoms with Crippen molar-refractivity contribution in [3.63, 3.8) is 0 Å². The Hall–Kier alpha value is -3.08. The van der Waals surface area contributed by atoms with E-state index in [0.29, 0.717) is 50.9 Å². The van der Waals surface area contributed by atoms with Crippen LogP contribution in [0.15, 0.2) is 48.5 Å². The van der Waals surface area contributed by atoms with Gasteiger partial charge in [0, 0.05) is 37.4 Å². The average Bonchev–Trinajstić information content (AvgIpc) is 2.96. The molecule has 0 unspecified atom stereocenters. The van der Waals surface area contributed by atoms with Gasteiger partial charge in [-0.1, -0.05) is 37.3 Å². The summed E-state index contributed by atoms with van der Waals surface area (Å²) in [5.74, 6) is -0.472. The summed E-state index contributed by atoms with van der Waals surface area (Å²) in [6.07, 6.45) is -7.94. The number of benzene rings is 2. The van der Waals surface area contributed by atoms with E-state index in [-0.39, 0.29) is 41.3 Å². The lowest BCUT2D eigenvalue weighted by Gasteiger charge is -2.42. The highest BCUT2D eigenvalue weighted by Crippen LogP contribution is 2.40. The third-order valence-corrected chi connectivity index (χ3v) is 8.31. The number of likely N-dealkylation sites (tertiary alicyclic amines) is 1. The van der Waals surface area contributed by atoms with E-state index in [4.69, 9.17) is 4.74 Å². The van der Waals surface area contributed by atoms with Gasteiger partial charge >= 0.3 is 12.4 Å². The van der Waals surface area contributed by atoms with Crippen LogP contribution in [0.3, 0.4) is 0 Å². The number of piperidine rings is 1. The molecule has 3 atom stereocenters. The molecule has 11 heteroatoms. The summed E-state index contributed by atoms with van der Waals surface area (Å²) in [5, 5.41) is 2.99. The first-order valence-electron chi connectivity index (χ1n) is 14.3. The number of carbonyl (C=O) groups excluding carboxylic acids is 2. The first-order valence-corrected chi connectivity index (χ1v) is 14.3. The van der Waals surface area contributed by atoms with Crippen LogP contribution in [-0.4, -0.2) is 41.9 Å². The molecule has 4 rings (SSSR count). The van der Waals surface area contributed by atoms with Crippen molar-refractivity contribution >= 4 is 11.8 Å². The minimum Gasteiger partial charge on any atom is -0.370 e. The lowest BCUT2D eigenvalue weighted by atomic mass is 9.83. The standard InChI is InChI=1S/C31H36F6N2O3/c1-3-28(40)38-25-11-9-21(10-12-25)29(41)39-14-13-27(26(18-39)20-7-5-4-6-8-20)42-19(2)22-15-23(30(32,33)34)17-24(16-22)31(35,36)37/h4-8,15-17,19,21,25-27H,3,9-14,18H2,1-2H3,(H,38,40)/t19-,21?,25?,26-,27-/m1/s1. The van der Waals surface area contributed by atoms with E-state index in [1.165, 1.54) is 6.92 Å². The van der Waals surface area contributed by atoms with Crippen LogP contribution in [-0.2, 0) is 26.7 Å². The minimum absolute atomic E-state index is 0.00783. The predicted octanol–water partition coefficient (Wildman–Crippen LogP) is 7.27. The maximum absolute atomic E-state index is 13.5. The average molecular weight is 599 g/mol. The highest BCUT2D eigenvalue weighted by Gasteiger charge is 2.40. The van der Waals surface area contributed by atoms with Crippen molar-refractivity contribution in [1.29, 1.82) is 0 Å². The van der Waals surface area contributed by atoms with E-state index in [1.54, 1.807) is 11.8 Å². The fourth-order valence-electron chi connectivity index (χ4n) is 5.94. The van der Waals surface area contributed by atoms with Crippen molar-refractivity contribution < 1.29 is 40.7 Å². The highest BCUT2D eigenvalue weighted by atomic mass is 19.4. The number of carbonyl (C=O) groups is 2. The number of halogens is 6. The predicted molar refractivity (Wildman–Crippen MR) is 144 cm³/mol. The van der Waals surface area contributed by atoms with Crippen LogP contribution in [0.25, 0.3) is 0 Å². The molecule has 2 aliphatic rings. The summed E-state index contributed by atoms with van der Waals surface area (Å²) < 4.78 is 86.9. The zero-order valence-corrected chi connectivity index (χ0v) is 23.6. The Morgan fingerprint density at radius 3 is 2.07 bits per heavy atom. The Labute approximate surface area is 241 Å². The Morgan fingerprint density at radius 1 is 0.929 bits per heavy atom. The third kappa shape index (κ3) is 7.85. The molecule has 0 radical (unpaired) electrons. The van der Waals surface area contributed by atoms with Gasteiger partial charge < -0.3 is 15.0 Å². The number of hydrogen-bond acceptors (Lipinski definition) is 3. The Kier molecular flexibility index (Phi) is 9.90. The number of nitrogens with zero attached hydrogens (tertiary/aromatic N) is 1. The molecule has 1 N–H and O–H groups in total. The molecule has 5 nitrogen and oxygen atoms in total. The number of rotatable bonds is 7. The molecule has 1 saturated carbocycles. The smallest absolute Gasteiger partial charge is 0.370 e. The zero-order valence-electron chi connectivity index (χ0n) is 23.6. The second kappa shape index (κ2) is 13.1. The summed E-state index contributed by atoms with van der Waals surface area (Å²) in [5.41, 5.74) is -2.11. The van der Waals surface area contributed by atoms with Gasteiger partial charge in [-0.2, -0.15) is 26.3 Å². The van der Waals surface area contributed by atoms with Crippen molar-refractivity contribution in [2.24, 2.45) is 5.92 Å². The van der Waals surface area contributed by atoms with E-state index in [0.717, 1.165) is 18.4 Å². The SMILES string of the molecule is CCC(=O)NC1CCC(C(=O)N2CC[C@@H](O[C@H](C)c3cc(C(F)(F)F)cc(C(F)(F)F)c3)[C@@H](c3ccccc3)C2)CC1. The summed E-state index contributed by atoms with van der Waals surface area (Å²) in [6.45, 7) is 3.93. The van der Waals surface area contributed by atoms with Crippen LogP contribution in [0, 0.1) is 5.92 Å². The summed E-state index contributed by atoms with van der Waals surface area (Å²) >= 11 is 0. The summed E-state index contributed by atoms with van der Waals surface area (Å²) in [7, 11) is 0. The molecule has 2 aromatic rings. The van der Waals surface area contributed by atoms with E-state index in [9.17, 15) is 35.9 Å². The molecule has 2 aromatic carbocycles. The van der Waals surface area contributed by atoms with Crippen molar-refractivity contribution in [2.45, 2.75) is 88.9 Å². The fourth-order valence-corrected chi connectivity index (χ4v) is 5.94. The maximum Gasteiger partial charge on any atom is 0.416 e. The molecule has 230 valence electrons.